The van der Waals surface area contributed by atoms with E-state index in [-0.39, 0.29) is 12.4 Å². The van der Waals surface area contributed by atoms with Gasteiger partial charge >= 0.3 is 0 Å². The summed E-state index contributed by atoms with van der Waals surface area (Å²) in [6.45, 7) is 2.03. The minimum absolute atomic E-state index is 0.0270. The van der Waals surface area contributed by atoms with Crippen LogP contribution in [0.5, 0.6) is 0 Å². The van der Waals surface area contributed by atoms with Gasteiger partial charge in [0.15, 0.2) is 0 Å². The van der Waals surface area contributed by atoms with Crippen molar-refractivity contribution < 1.29 is 9.50 Å². The lowest BCUT2D eigenvalue weighted by Crippen LogP contribution is -2.36. The minimum atomic E-state index is -1.65. The second kappa shape index (κ2) is 9.66. The Morgan fingerprint density at radius 3 is 2.68 bits per heavy atom. The Balaban J connectivity index is 1.52. The number of hydrogen-bond donors (Lipinski definition) is 2. The lowest BCUT2D eigenvalue weighted by Gasteiger charge is -2.46. The Labute approximate surface area is 200 Å². The van der Waals surface area contributed by atoms with Gasteiger partial charge in [0.25, 0.3) is 0 Å². The van der Waals surface area contributed by atoms with E-state index in [4.69, 9.17) is 4.98 Å². The molecule has 1 saturated heterocycles. The van der Waals surface area contributed by atoms with Crippen LogP contribution in [-0.4, -0.2) is 50.9 Å². The molecule has 0 aliphatic carbocycles. The van der Waals surface area contributed by atoms with Gasteiger partial charge < -0.3 is 15.3 Å². The highest BCUT2D eigenvalue weighted by atomic mass is 32.3. The lowest BCUT2D eigenvalue weighted by atomic mass is 10.1. The summed E-state index contributed by atoms with van der Waals surface area (Å²) in [7, 11) is 0.506. The molecule has 2 aliphatic rings. The molecule has 0 bridgehead atoms. The number of anilines is 2. The zero-order valence-electron chi connectivity index (χ0n) is 19.1. The van der Waals surface area contributed by atoms with Crippen molar-refractivity contribution in [2.45, 2.75) is 29.6 Å². The molecule has 2 aromatic carbocycles. The molecule has 0 spiro atoms. The molecule has 3 aromatic rings. The molecule has 5 rings (SSSR count). The molecule has 8 heteroatoms. The van der Waals surface area contributed by atoms with Gasteiger partial charge in [-0.2, -0.15) is 0 Å². The fourth-order valence-electron chi connectivity index (χ4n) is 4.67. The molecule has 34 heavy (non-hydrogen) atoms. The largest absolute Gasteiger partial charge is 0.392 e. The SMILES string of the molecule is CN1CCC(S2(c3ccc(F)cc3)C=NC=C2c2ccnc(Nc3cccc(CO)c3)n2)CC1. The third-order valence-electron chi connectivity index (χ3n) is 6.45. The number of benzene rings is 2. The van der Waals surface area contributed by atoms with Gasteiger partial charge in [0, 0.05) is 28.2 Å². The Bertz CT molecular complexity index is 1220. The quantitative estimate of drug-likeness (QED) is 0.514. The van der Waals surface area contributed by atoms with Crippen LogP contribution in [0.3, 0.4) is 0 Å². The van der Waals surface area contributed by atoms with Crippen LogP contribution in [-0.2, 0) is 6.61 Å². The summed E-state index contributed by atoms with van der Waals surface area (Å²) in [5, 5.41) is 13.1. The Morgan fingerprint density at radius 2 is 1.91 bits per heavy atom. The van der Waals surface area contributed by atoms with E-state index in [1.807, 2.05) is 48.7 Å². The average Bonchev–Trinajstić information content (AvgIpc) is 3.31. The predicted octanol–water partition coefficient (Wildman–Crippen LogP) is 5.15. The van der Waals surface area contributed by atoms with Gasteiger partial charge in [0.1, 0.15) is 5.82 Å². The van der Waals surface area contributed by atoms with Crippen molar-refractivity contribution >= 4 is 32.1 Å². The third kappa shape index (κ3) is 4.36. The number of nitrogens with one attached hydrogen (secondary N) is 1. The molecule has 6 nitrogen and oxygen atoms in total. The third-order valence-corrected chi connectivity index (χ3v) is 10.5. The van der Waals surface area contributed by atoms with E-state index < -0.39 is 10.0 Å². The molecule has 0 radical (unpaired) electrons. The highest BCUT2D eigenvalue weighted by Crippen LogP contribution is 2.70. The molecular weight excluding hydrogens is 449 g/mol. The molecule has 3 heterocycles. The van der Waals surface area contributed by atoms with E-state index in [0.29, 0.717) is 11.2 Å². The van der Waals surface area contributed by atoms with E-state index in [2.05, 4.69) is 32.8 Å². The van der Waals surface area contributed by atoms with Crippen molar-refractivity contribution in [1.82, 2.24) is 14.9 Å². The number of aromatic nitrogens is 2. The topological polar surface area (TPSA) is 73.6 Å². The van der Waals surface area contributed by atoms with E-state index in [1.54, 1.807) is 18.3 Å². The molecule has 2 N–H and O–H groups in total. The van der Waals surface area contributed by atoms with Gasteiger partial charge in [0.2, 0.25) is 5.95 Å². The van der Waals surface area contributed by atoms with Crippen molar-refractivity contribution in [2.24, 2.45) is 4.99 Å². The molecular formula is C26H28FN5OS. The summed E-state index contributed by atoms with van der Waals surface area (Å²) in [4.78, 5) is 18.5. The molecule has 0 amide bonds. The first-order valence-electron chi connectivity index (χ1n) is 11.4. The molecule has 176 valence electrons. The average molecular weight is 478 g/mol. The number of aliphatic imine (C=N–C) groups is 1. The zero-order valence-corrected chi connectivity index (χ0v) is 19.9. The van der Waals surface area contributed by atoms with E-state index in [1.165, 1.54) is 0 Å². The van der Waals surface area contributed by atoms with E-state index >= 15 is 0 Å². The number of hydrogen-bond acceptors (Lipinski definition) is 6. The Hall–Kier alpha value is -3.07. The standard InChI is InChI=1S/C26H28FN5OS/c1-32-13-10-23(11-14-32)34(22-7-5-20(27)6-8-22)18-28-16-25(34)24-9-12-29-26(31-24)30-21-4-2-3-19(15-21)17-33/h2-9,12,15-16,18,23,33H,10-11,13-14,17H2,1H3,(H,29,30,31). The Morgan fingerprint density at radius 1 is 1.12 bits per heavy atom. The van der Waals surface area contributed by atoms with Gasteiger partial charge in [0.05, 0.1) is 17.8 Å². The first-order chi connectivity index (χ1) is 16.6. The van der Waals surface area contributed by atoms with E-state index in [9.17, 15) is 9.50 Å². The normalized spacial score (nSPS) is 22.9. The van der Waals surface area contributed by atoms with Crippen molar-refractivity contribution in [2.75, 3.05) is 25.5 Å². The molecule has 1 atom stereocenters. The molecule has 1 unspecified atom stereocenters. The summed E-state index contributed by atoms with van der Waals surface area (Å²) in [5.74, 6) is 0.247. The van der Waals surface area contributed by atoms with Crippen LogP contribution in [0.4, 0.5) is 16.0 Å². The Kier molecular flexibility index (Phi) is 6.45. The zero-order chi connectivity index (χ0) is 23.5. The molecule has 0 saturated carbocycles. The number of likely N-dealkylation sites (tertiary alicyclic amines) is 1. The van der Waals surface area contributed by atoms with Gasteiger partial charge in [-0.3, -0.25) is 4.99 Å². The summed E-state index contributed by atoms with van der Waals surface area (Å²) < 4.78 is 13.8. The van der Waals surface area contributed by atoms with Crippen molar-refractivity contribution in [1.29, 1.82) is 0 Å². The monoisotopic (exact) mass is 477 g/mol. The first kappa shape index (κ1) is 22.7. The summed E-state index contributed by atoms with van der Waals surface area (Å²) in [6.07, 6.45) is 5.78. The van der Waals surface area contributed by atoms with Crippen molar-refractivity contribution in [3.8, 4) is 0 Å². The number of nitrogens with zero attached hydrogens (tertiary/aromatic N) is 4. The first-order valence-corrected chi connectivity index (χ1v) is 13.1. The summed E-state index contributed by atoms with van der Waals surface area (Å²) >= 11 is 0. The maximum atomic E-state index is 13.8. The second-order valence-electron chi connectivity index (χ2n) is 8.66. The fraction of sp³-hybridized carbons (Fsp3) is 0.269. The van der Waals surface area contributed by atoms with Crippen molar-refractivity contribution in [3.63, 3.8) is 0 Å². The van der Waals surface area contributed by atoms with Gasteiger partial charge in [-0.05, 0) is 85.9 Å². The van der Waals surface area contributed by atoms with Gasteiger partial charge in [-0.1, -0.05) is 12.1 Å². The van der Waals surface area contributed by atoms with Crippen LogP contribution < -0.4 is 5.32 Å². The number of rotatable bonds is 6. The molecule has 1 aromatic heterocycles. The highest BCUT2D eigenvalue weighted by molar-refractivity contribution is 8.51. The fourth-order valence-corrected chi connectivity index (χ4v) is 8.57. The number of halogens is 1. The highest BCUT2D eigenvalue weighted by Gasteiger charge is 2.42. The maximum Gasteiger partial charge on any atom is 0.227 e. The molecule has 1 fully saturated rings. The van der Waals surface area contributed by atoms with Crippen molar-refractivity contribution in [3.05, 3.63) is 84.1 Å². The number of aliphatic hydroxyl groups excluding tert-OH is 1. The summed E-state index contributed by atoms with van der Waals surface area (Å²) in [5.41, 5.74) is 4.56. The number of aliphatic hydroxyl groups is 1. The minimum Gasteiger partial charge on any atom is -0.392 e. The van der Waals surface area contributed by atoms with Gasteiger partial charge in [-0.15, -0.1) is 10.0 Å². The second-order valence-corrected chi connectivity index (χ2v) is 11.9. The van der Waals surface area contributed by atoms with Crippen LogP contribution in [0.15, 0.2) is 76.9 Å². The van der Waals surface area contributed by atoms with Crippen LogP contribution in [0.2, 0.25) is 0 Å². The smallest absolute Gasteiger partial charge is 0.227 e. The summed E-state index contributed by atoms with van der Waals surface area (Å²) in [6, 6.07) is 16.4. The van der Waals surface area contributed by atoms with Crippen LogP contribution in [0.25, 0.3) is 4.91 Å². The maximum absolute atomic E-state index is 13.8. The van der Waals surface area contributed by atoms with Crippen LogP contribution in [0.1, 0.15) is 24.1 Å². The predicted molar refractivity (Wildman–Crippen MR) is 137 cm³/mol. The van der Waals surface area contributed by atoms with Crippen LogP contribution in [0, 0.1) is 5.82 Å². The lowest BCUT2D eigenvalue weighted by molar-refractivity contribution is 0.281. The number of piperidine rings is 1. The molecule has 2 aliphatic heterocycles. The van der Waals surface area contributed by atoms with E-state index in [0.717, 1.165) is 52.7 Å². The van der Waals surface area contributed by atoms with Gasteiger partial charge in [-0.25, -0.2) is 14.4 Å². The van der Waals surface area contributed by atoms with Crippen LogP contribution >= 0.6 is 10.0 Å².